The van der Waals surface area contributed by atoms with Gasteiger partial charge in [0.25, 0.3) is 0 Å². The van der Waals surface area contributed by atoms with E-state index < -0.39 is 61.5 Å². The molecule has 0 saturated carbocycles. The van der Waals surface area contributed by atoms with Gasteiger partial charge in [-0.3, -0.25) is 4.79 Å². The average molecular weight is 991 g/mol. The molecule has 1 heterocycles. The molecule has 1 amide bonds. The summed E-state index contributed by atoms with van der Waals surface area (Å²) in [7, 11) is 0. The van der Waals surface area contributed by atoms with E-state index in [1.807, 2.05) is 6.08 Å². The highest BCUT2D eigenvalue weighted by atomic mass is 16.7. The van der Waals surface area contributed by atoms with Gasteiger partial charge < -0.3 is 45.4 Å². The van der Waals surface area contributed by atoms with Crippen molar-refractivity contribution >= 4 is 5.91 Å². The van der Waals surface area contributed by atoms with Crippen molar-refractivity contribution in [2.75, 3.05) is 13.2 Å². The van der Waals surface area contributed by atoms with Crippen LogP contribution in [0.4, 0.5) is 0 Å². The normalized spacial score (nSPS) is 20.1. The number of ether oxygens (including phenoxy) is 2. The van der Waals surface area contributed by atoms with Gasteiger partial charge in [-0.15, -0.1) is 0 Å². The fourth-order valence-electron chi connectivity index (χ4n) is 9.19. The van der Waals surface area contributed by atoms with Crippen LogP contribution in [0.3, 0.4) is 0 Å². The molecule has 8 unspecified atom stereocenters. The van der Waals surface area contributed by atoms with E-state index in [1.165, 1.54) is 186 Å². The third-order valence-corrected chi connectivity index (χ3v) is 14.0. The van der Waals surface area contributed by atoms with Crippen molar-refractivity contribution in [2.24, 2.45) is 0 Å². The number of amides is 1. The highest BCUT2D eigenvalue weighted by Gasteiger charge is 2.44. The number of carbonyl (C=O) groups is 1. The molecule has 7 N–H and O–H groups in total. The maximum Gasteiger partial charge on any atom is 0.249 e. The van der Waals surface area contributed by atoms with Gasteiger partial charge in [0.15, 0.2) is 6.29 Å². The molecule has 8 atom stereocenters. The molecule has 1 aliphatic rings. The monoisotopic (exact) mass is 990 g/mol. The highest BCUT2D eigenvalue weighted by molar-refractivity contribution is 5.80. The van der Waals surface area contributed by atoms with E-state index >= 15 is 0 Å². The summed E-state index contributed by atoms with van der Waals surface area (Å²) in [6, 6.07) is -1.00. The number of carbonyl (C=O) groups excluding carboxylic acids is 1. The summed E-state index contributed by atoms with van der Waals surface area (Å²) in [6.07, 6.45) is 55.3. The number of hydrogen-bond acceptors (Lipinski definition) is 9. The number of allylic oxidation sites excluding steroid dienone is 7. The van der Waals surface area contributed by atoms with Gasteiger partial charge in [0, 0.05) is 0 Å². The van der Waals surface area contributed by atoms with Gasteiger partial charge in [-0.25, -0.2) is 0 Å². The molecule has 10 nitrogen and oxygen atoms in total. The van der Waals surface area contributed by atoms with E-state index in [0.717, 1.165) is 44.9 Å². The van der Waals surface area contributed by atoms with Crippen molar-refractivity contribution < 1.29 is 44.9 Å². The summed E-state index contributed by atoms with van der Waals surface area (Å²) in [4.78, 5) is 13.1. The number of nitrogens with one attached hydrogen (secondary N) is 1. The highest BCUT2D eigenvalue weighted by Crippen LogP contribution is 2.23. The second-order valence-electron chi connectivity index (χ2n) is 20.6. The molecule has 10 heteroatoms. The molecular weight excluding hydrogens is 879 g/mol. The third kappa shape index (κ3) is 37.8. The lowest BCUT2D eigenvalue weighted by molar-refractivity contribution is -0.302. The lowest BCUT2D eigenvalue weighted by Crippen LogP contribution is -2.60. The second kappa shape index (κ2) is 49.3. The molecule has 1 saturated heterocycles. The van der Waals surface area contributed by atoms with Crippen LogP contribution in [-0.4, -0.2) is 98.7 Å². The molecule has 1 rings (SSSR count). The zero-order valence-corrected chi connectivity index (χ0v) is 45.1. The van der Waals surface area contributed by atoms with Crippen LogP contribution in [0.1, 0.15) is 264 Å². The van der Waals surface area contributed by atoms with Crippen molar-refractivity contribution in [3.05, 3.63) is 48.6 Å². The van der Waals surface area contributed by atoms with Gasteiger partial charge >= 0.3 is 0 Å². The van der Waals surface area contributed by atoms with E-state index in [1.54, 1.807) is 6.08 Å². The van der Waals surface area contributed by atoms with Crippen LogP contribution in [0, 0.1) is 0 Å². The molecular formula is C60H111NO9. The van der Waals surface area contributed by atoms with E-state index in [2.05, 4.69) is 55.6 Å². The average Bonchev–Trinajstić information content (AvgIpc) is 3.36. The Balaban J connectivity index is 2.16. The topological polar surface area (TPSA) is 169 Å². The standard InChI is InChI=1S/C60H111NO9/c1-3-5-7-9-11-13-15-17-18-19-20-21-22-23-24-25-26-27-28-29-30-31-32-33-34-35-37-39-41-43-45-47-49-54(64)59(68)61-52(51-69-60-58(67)57(66)56(65)55(50-62)70-60)53(63)48-46-44-42-40-38-36-16-14-12-10-8-6-4-2/h12,14,23-24,38,40,46,48,52-58,60,62-67H,3-11,13,15-22,25-37,39,41-45,47,49-51H2,1-2H3,(H,61,68)/b14-12+,24-23-,40-38+,48-46+. The van der Waals surface area contributed by atoms with Gasteiger partial charge in [0.2, 0.25) is 5.91 Å². The zero-order chi connectivity index (χ0) is 51.0. The van der Waals surface area contributed by atoms with E-state index in [-0.39, 0.29) is 6.61 Å². The Morgan fingerprint density at radius 3 is 1.27 bits per heavy atom. The first kappa shape index (κ1) is 66.1. The van der Waals surface area contributed by atoms with Crippen LogP contribution < -0.4 is 5.32 Å². The maximum absolute atomic E-state index is 13.1. The van der Waals surface area contributed by atoms with Crippen LogP contribution in [0.5, 0.6) is 0 Å². The Morgan fingerprint density at radius 2 is 0.843 bits per heavy atom. The molecule has 1 fully saturated rings. The Labute approximate surface area is 429 Å². The summed E-state index contributed by atoms with van der Waals surface area (Å²) >= 11 is 0. The Hall–Kier alpha value is -1.89. The number of unbranched alkanes of at least 4 members (excludes halogenated alkanes) is 33. The summed E-state index contributed by atoms with van der Waals surface area (Å²) < 4.78 is 11.2. The van der Waals surface area contributed by atoms with Crippen LogP contribution >= 0.6 is 0 Å². The van der Waals surface area contributed by atoms with Gasteiger partial charge in [-0.1, -0.05) is 242 Å². The Morgan fingerprint density at radius 1 is 0.486 bits per heavy atom. The molecule has 0 bridgehead atoms. The molecule has 1 aliphatic heterocycles. The molecule has 70 heavy (non-hydrogen) atoms. The van der Waals surface area contributed by atoms with Gasteiger partial charge in [-0.2, -0.15) is 0 Å². The van der Waals surface area contributed by atoms with Crippen LogP contribution in [0.15, 0.2) is 48.6 Å². The van der Waals surface area contributed by atoms with E-state index in [0.29, 0.717) is 19.3 Å². The smallest absolute Gasteiger partial charge is 0.249 e. The SMILES string of the molecule is CCCCC/C=C/CC/C=C/CC/C=C/C(O)C(COC1OC(CO)C(O)C(O)C1O)NC(=O)C(O)CCCCCCCCCCCCCCCCCC/C=C\CCCCCCCCCCCCCC. The largest absolute Gasteiger partial charge is 0.394 e. The predicted molar refractivity (Wildman–Crippen MR) is 292 cm³/mol. The van der Waals surface area contributed by atoms with E-state index in [9.17, 15) is 35.4 Å². The first-order valence-corrected chi connectivity index (χ1v) is 29.5. The zero-order valence-electron chi connectivity index (χ0n) is 45.1. The minimum absolute atomic E-state index is 0.302. The number of hydrogen-bond donors (Lipinski definition) is 7. The molecule has 0 radical (unpaired) electrons. The molecule has 410 valence electrons. The molecule has 0 aromatic heterocycles. The second-order valence-corrected chi connectivity index (χ2v) is 20.6. The summed E-state index contributed by atoms with van der Waals surface area (Å²) in [5.41, 5.74) is 0. The molecule has 0 aliphatic carbocycles. The van der Waals surface area contributed by atoms with Crippen LogP contribution in [-0.2, 0) is 14.3 Å². The van der Waals surface area contributed by atoms with Gasteiger partial charge in [0.05, 0.1) is 25.4 Å². The lowest BCUT2D eigenvalue weighted by atomic mass is 9.99. The number of aliphatic hydroxyl groups excluding tert-OH is 6. The lowest BCUT2D eigenvalue weighted by Gasteiger charge is -2.40. The van der Waals surface area contributed by atoms with Crippen molar-refractivity contribution in [1.82, 2.24) is 5.32 Å². The Kier molecular flexibility index (Phi) is 46.6. The summed E-state index contributed by atoms with van der Waals surface area (Å²) in [5, 5.41) is 64.9. The minimum Gasteiger partial charge on any atom is -0.394 e. The molecule has 0 aromatic carbocycles. The van der Waals surface area contributed by atoms with Crippen LogP contribution in [0.2, 0.25) is 0 Å². The Bertz CT molecular complexity index is 1260. The fourth-order valence-corrected chi connectivity index (χ4v) is 9.19. The molecule has 0 aromatic rings. The fraction of sp³-hybridized carbons (Fsp3) is 0.850. The predicted octanol–water partition coefficient (Wildman–Crippen LogP) is 13.5. The third-order valence-electron chi connectivity index (χ3n) is 14.0. The first-order valence-electron chi connectivity index (χ1n) is 29.5. The van der Waals surface area contributed by atoms with Crippen molar-refractivity contribution in [3.8, 4) is 0 Å². The maximum atomic E-state index is 13.1. The van der Waals surface area contributed by atoms with Crippen molar-refractivity contribution in [1.29, 1.82) is 0 Å². The molecule has 0 spiro atoms. The quantitative estimate of drug-likeness (QED) is 0.0232. The van der Waals surface area contributed by atoms with Gasteiger partial charge in [-0.05, 0) is 70.6 Å². The first-order chi connectivity index (χ1) is 34.3. The number of rotatable bonds is 50. The summed E-state index contributed by atoms with van der Waals surface area (Å²) in [6.45, 7) is 3.57. The van der Waals surface area contributed by atoms with Crippen molar-refractivity contribution in [2.45, 2.75) is 313 Å². The minimum atomic E-state index is -1.62. The number of aliphatic hydroxyl groups is 6. The van der Waals surface area contributed by atoms with Crippen LogP contribution in [0.25, 0.3) is 0 Å². The van der Waals surface area contributed by atoms with Crippen molar-refractivity contribution in [3.63, 3.8) is 0 Å². The van der Waals surface area contributed by atoms with E-state index in [4.69, 9.17) is 9.47 Å². The van der Waals surface area contributed by atoms with Gasteiger partial charge in [0.1, 0.15) is 30.5 Å². The summed E-state index contributed by atoms with van der Waals surface area (Å²) in [5.74, 6) is -0.629.